The molecule has 1 unspecified atom stereocenters. The van der Waals surface area contributed by atoms with Gasteiger partial charge in [0.15, 0.2) is 0 Å². The molecule has 0 aliphatic carbocycles. The predicted octanol–water partition coefficient (Wildman–Crippen LogP) is 2.18. The van der Waals surface area contributed by atoms with Crippen LogP contribution in [0.3, 0.4) is 0 Å². The van der Waals surface area contributed by atoms with Crippen LogP contribution < -0.4 is 5.32 Å². The molecule has 3 heteroatoms. The van der Waals surface area contributed by atoms with Gasteiger partial charge in [0.25, 0.3) is 0 Å². The Bertz CT molecular complexity index is 383. The maximum Gasteiger partial charge on any atom is 0.0935 e. The molecule has 0 saturated heterocycles. The van der Waals surface area contributed by atoms with Crippen molar-refractivity contribution < 1.29 is 4.42 Å². The number of aromatic nitrogens is 1. The summed E-state index contributed by atoms with van der Waals surface area (Å²) in [6.07, 6.45) is 8.07. The maximum atomic E-state index is 5.05. The quantitative estimate of drug-likeness (QED) is 0.825. The van der Waals surface area contributed by atoms with Crippen molar-refractivity contribution in [3.8, 4) is 0 Å². The standard InChI is InChI=1S/C12H14N2O/c1-13-12(7-10-4-6-15-9-10)11-3-2-5-14-8-11/h2-6,8-9,12-13H,7H2,1H3. The first kappa shape index (κ1) is 9.93. The third-order valence-corrected chi connectivity index (χ3v) is 2.46. The normalized spacial score (nSPS) is 12.6. The van der Waals surface area contributed by atoms with Crippen molar-refractivity contribution >= 4 is 0 Å². The minimum absolute atomic E-state index is 0.288. The van der Waals surface area contributed by atoms with Crippen LogP contribution >= 0.6 is 0 Å². The Hall–Kier alpha value is -1.61. The van der Waals surface area contributed by atoms with E-state index in [0.29, 0.717) is 0 Å². The second-order valence-electron chi connectivity index (χ2n) is 3.46. The molecule has 0 aliphatic rings. The van der Waals surface area contributed by atoms with E-state index in [0.717, 1.165) is 6.42 Å². The van der Waals surface area contributed by atoms with Gasteiger partial charge in [0.05, 0.1) is 12.5 Å². The van der Waals surface area contributed by atoms with Crippen LogP contribution in [-0.4, -0.2) is 12.0 Å². The summed E-state index contributed by atoms with van der Waals surface area (Å²) in [7, 11) is 1.96. The van der Waals surface area contributed by atoms with Crippen molar-refractivity contribution in [3.05, 3.63) is 54.2 Å². The fourth-order valence-corrected chi connectivity index (χ4v) is 1.61. The van der Waals surface area contributed by atoms with E-state index in [1.54, 1.807) is 18.7 Å². The molecule has 0 aliphatic heterocycles. The van der Waals surface area contributed by atoms with Crippen molar-refractivity contribution in [1.29, 1.82) is 0 Å². The van der Waals surface area contributed by atoms with Crippen molar-refractivity contribution in [2.24, 2.45) is 0 Å². The molecule has 0 bridgehead atoms. The number of hydrogen-bond acceptors (Lipinski definition) is 3. The lowest BCUT2D eigenvalue weighted by molar-refractivity contribution is 0.551. The molecule has 2 aromatic heterocycles. The maximum absolute atomic E-state index is 5.05. The van der Waals surface area contributed by atoms with Crippen LogP contribution in [0.5, 0.6) is 0 Å². The molecule has 3 nitrogen and oxygen atoms in total. The van der Waals surface area contributed by atoms with E-state index in [4.69, 9.17) is 4.42 Å². The van der Waals surface area contributed by atoms with Crippen molar-refractivity contribution in [1.82, 2.24) is 10.3 Å². The zero-order valence-corrected chi connectivity index (χ0v) is 8.68. The Morgan fingerprint density at radius 1 is 1.47 bits per heavy atom. The molecule has 0 spiro atoms. The van der Waals surface area contributed by atoms with E-state index in [2.05, 4.69) is 16.4 Å². The highest BCUT2D eigenvalue weighted by molar-refractivity contribution is 5.18. The van der Waals surface area contributed by atoms with Crippen LogP contribution in [0.15, 0.2) is 47.5 Å². The summed E-state index contributed by atoms with van der Waals surface area (Å²) in [5, 5.41) is 3.27. The SMILES string of the molecule is CNC(Cc1ccoc1)c1cccnc1. The number of hydrogen-bond donors (Lipinski definition) is 1. The molecule has 1 N–H and O–H groups in total. The van der Waals surface area contributed by atoms with Crippen molar-refractivity contribution in [3.63, 3.8) is 0 Å². The third-order valence-electron chi connectivity index (χ3n) is 2.46. The Morgan fingerprint density at radius 2 is 2.40 bits per heavy atom. The monoisotopic (exact) mass is 202 g/mol. The average Bonchev–Trinajstić information content (AvgIpc) is 2.80. The summed E-state index contributed by atoms with van der Waals surface area (Å²) < 4.78 is 5.05. The van der Waals surface area contributed by atoms with Crippen LogP contribution in [-0.2, 0) is 6.42 Å². The van der Waals surface area contributed by atoms with Gasteiger partial charge in [0.1, 0.15) is 0 Å². The van der Waals surface area contributed by atoms with E-state index in [1.165, 1.54) is 11.1 Å². The highest BCUT2D eigenvalue weighted by Crippen LogP contribution is 2.17. The first-order valence-electron chi connectivity index (χ1n) is 4.98. The van der Waals surface area contributed by atoms with Crippen molar-refractivity contribution in [2.75, 3.05) is 7.05 Å². The van der Waals surface area contributed by atoms with Gasteiger partial charge in [-0.1, -0.05) is 6.07 Å². The lowest BCUT2D eigenvalue weighted by Crippen LogP contribution is -2.18. The van der Waals surface area contributed by atoms with Gasteiger partial charge in [-0.3, -0.25) is 4.98 Å². The molecule has 2 aromatic rings. The molecule has 78 valence electrons. The smallest absolute Gasteiger partial charge is 0.0935 e. The van der Waals surface area contributed by atoms with Crippen LogP contribution in [0.25, 0.3) is 0 Å². The molecule has 0 saturated carbocycles. The van der Waals surface area contributed by atoms with E-state index < -0.39 is 0 Å². The van der Waals surface area contributed by atoms with E-state index in [1.807, 2.05) is 25.4 Å². The second kappa shape index (κ2) is 4.75. The molecule has 0 radical (unpaired) electrons. The van der Waals surface area contributed by atoms with Crippen molar-refractivity contribution in [2.45, 2.75) is 12.5 Å². The van der Waals surface area contributed by atoms with Crippen LogP contribution in [0.2, 0.25) is 0 Å². The average molecular weight is 202 g/mol. The summed E-state index contributed by atoms with van der Waals surface area (Å²) in [5.74, 6) is 0. The Labute approximate surface area is 89.1 Å². The highest BCUT2D eigenvalue weighted by Gasteiger charge is 2.10. The van der Waals surface area contributed by atoms with Gasteiger partial charge in [-0.15, -0.1) is 0 Å². The molecule has 0 amide bonds. The number of likely N-dealkylation sites (N-methyl/N-ethyl adjacent to an activating group) is 1. The zero-order valence-electron chi connectivity index (χ0n) is 8.68. The molecular formula is C12H14N2O. The molecule has 1 atom stereocenters. The zero-order chi connectivity index (χ0) is 10.5. The van der Waals surface area contributed by atoms with Crippen LogP contribution in [0, 0.1) is 0 Å². The van der Waals surface area contributed by atoms with E-state index in [9.17, 15) is 0 Å². The minimum Gasteiger partial charge on any atom is -0.472 e. The summed E-state index contributed by atoms with van der Waals surface area (Å²) in [5.41, 5.74) is 2.39. The molecular weight excluding hydrogens is 188 g/mol. The summed E-state index contributed by atoms with van der Waals surface area (Å²) in [4.78, 5) is 4.12. The van der Waals surface area contributed by atoms with E-state index >= 15 is 0 Å². The fraction of sp³-hybridized carbons (Fsp3) is 0.250. The summed E-state index contributed by atoms with van der Waals surface area (Å²) in [6, 6.07) is 6.31. The van der Waals surface area contributed by atoms with Gasteiger partial charge in [-0.2, -0.15) is 0 Å². The van der Waals surface area contributed by atoms with Crippen LogP contribution in [0.4, 0.5) is 0 Å². The third kappa shape index (κ3) is 2.44. The van der Waals surface area contributed by atoms with Gasteiger partial charge in [0, 0.05) is 18.4 Å². The number of rotatable bonds is 4. The number of furan rings is 1. The summed E-state index contributed by atoms with van der Waals surface area (Å²) in [6.45, 7) is 0. The molecule has 15 heavy (non-hydrogen) atoms. The largest absolute Gasteiger partial charge is 0.472 e. The molecule has 2 rings (SSSR count). The molecule has 0 fully saturated rings. The van der Waals surface area contributed by atoms with Crippen LogP contribution in [0.1, 0.15) is 17.2 Å². The minimum atomic E-state index is 0.288. The number of pyridine rings is 1. The first-order valence-corrected chi connectivity index (χ1v) is 4.98. The fourth-order valence-electron chi connectivity index (χ4n) is 1.61. The second-order valence-corrected chi connectivity index (χ2v) is 3.46. The van der Waals surface area contributed by atoms with Gasteiger partial charge in [-0.25, -0.2) is 0 Å². The Balaban J connectivity index is 2.12. The van der Waals surface area contributed by atoms with Gasteiger partial charge >= 0.3 is 0 Å². The first-order chi connectivity index (χ1) is 7.40. The van der Waals surface area contributed by atoms with Gasteiger partial charge in [0.2, 0.25) is 0 Å². The lowest BCUT2D eigenvalue weighted by atomic mass is 10.0. The Kier molecular flexibility index (Phi) is 3.15. The van der Waals surface area contributed by atoms with E-state index in [-0.39, 0.29) is 6.04 Å². The number of nitrogens with one attached hydrogen (secondary N) is 1. The lowest BCUT2D eigenvalue weighted by Gasteiger charge is -2.14. The van der Waals surface area contributed by atoms with Gasteiger partial charge in [-0.05, 0) is 36.7 Å². The predicted molar refractivity (Wildman–Crippen MR) is 58.4 cm³/mol. The van der Waals surface area contributed by atoms with Gasteiger partial charge < -0.3 is 9.73 Å². The summed E-state index contributed by atoms with van der Waals surface area (Å²) >= 11 is 0. The topological polar surface area (TPSA) is 38.1 Å². The Morgan fingerprint density at radius 3 is 3.00 bits per heavy atom. The molecule has 2 heterocycles. The highest BCUT2D eigenvalue weighted by atomic mass is 16.3. The number of nitrogens with zero attached hydrogens (tertiary/aromatic N) is 1. The molecule has 0 aromatic carbocycles.